The van der Waals surface area contributed by atoms with Crippen molar-refractivity contribution in [3.05, 3.63) is 64.7 Å². The average Bonchev–Trinajstić information content (AvgIpc) is 2.81. The predicted molar refractivity (Wildman–Crippen MR) is 131 cm³/mol. The molecule has 2 aliphatic heterocycles. The number of rotatable bonds is 6. The third kappa shape index (κ3) is 5.96. The van der Waals surface area contributed by atoms with Crippen molar-refractivity contribution in [1.82, 2.24) is 14.5 Å². The molecule has 2 aliphatic rings. The third-order valence-electron chi connectivity index (χ3n) is 6.60. The Morgan fingerprint density at radius 1 is 1.06 bits per heavy atom. The zero-order valence-electron chi connectivity index (χ0n) is 19.0. The summed E-state index contributed by atoms with van der Waals surface area (Å²) in [5.41, 5.74) is 1.62. The Kier molecular flexibility index (Phi) is 7.74. The molecule has 2 heterocycles. The Bertz CT molecular complexity index is 1070. The van der Waals surface area contributed by atoms with E-state index >= 15 is 0 Å². The number of benzene rings is 2. The van der Waals surface area contributed by atoms with Crippen LogP contribution in [0.4, 0.5) is 0 Å². The molecule has 2 aromatic rings. The molecule has 4 rings (SSSR count). The number of nitrogens with zero attached hydrogens (tertiary/aromatic N) is 2. The summed E-state index contributed by atoms with van der Waals surface area (Å²) in [6.07, 6.45) is 3.58. The minimum Gasteiger partial charge on any atom is -0.349 e. The van der Waals surface area contributed by atoms with Crippen LogP contribution in [0.3, 0.4) is 0 Å². The summed E-state index contributed by atoms with van der Waals surface area (Å²) in [5, 5.41) is 3.24. The number of sulfonamides is 1. The highest BCUT2D eigenvalue weighted by atomic mass is 35.5. The van der Waals surface area contributed by atoms with Gasteiger partial charge in [0.05, 0.1) is 5.02 Å². The molecule has 0 saturated carbocycles. The van der Waals surface area contributed by atoms with E-state index in [-0.39, 0.29) is 21.9 Å². The lowest BCUT2D eigenvalue weighted by atomic mass is 10.0. The monoisotopic (exact) mass is 489 g/mol. The van der Waals surface area contributed by atoms with Gasteiger partial charge in [0.15, 0.2) is 0 Å². The van der Waals surface area contributed by atoms with Crippen LogP contribution in [0.2, 0.25) is 5.02 Å². The van der Waals surface area contributed by atoms with E-state index in [9.17, 15) is 13.2 Å². The summed E-state index contributed by atoms with van der Waals surface area (Å²) in [5.74, 6) is 0.0585. The number of amides is 1. The van der Waals surface area contributed by atoms with Gasteiger partial charge < -0.3 is 5.32 Å². The molecule has 2 aromatic carbocycles. The van der Waals surface area contributed by atoms with Gasteiger partial charge in [0, 0.05) is 44.3 Å². The fourth-order valence-electron chi connectivity index (χ4n) is 4.69. The van der Waals surface area contributed by atoms with Gasteiger partial charge in [0.25, 0.3) is 5.91 Å². The lowest BCUT2D eigenvalue weighted by Crippen LogP contribution is -2.44. The molecule has 1 N–H and O–H groups in total. The van der Waals surface area contributed by atoms with Crippen LogP contribution in [0.5, 0.6) is 0 Å². The minimum absolute atomic E-state index is 0.0172. The normalized spacial score (nSPS) is 21.1. The Labute approximate surface area is 202 Å². The number of nitrogens with one attached hydrogen (secondary N) is 1. The molecule has 6 nitrogen and oxygen atoms in total. The average molecular weight is 490 g/mol. The zero-order chi connectivity index (χ0) is 23.4. The molecule has 2 saturated heterocycles. The second kappa shape index (κ2) is 10.6. The van der Waals surface area contributed by atoms with Gasteiger partial charge in [-0.3, -0.25) is 9.69 Å². The maximum atomic E-state index is 13.2. The van der Waals surface area contributed by atoms with Crippen LogP contribution < -0.4 is 5.32 Å². The fourth-order valence-corrected chi connectivity index (χ4v) is 6.79. The molecule has 178 valence electrons. The van der Waals surface area contributed by atoms with Gasteiger partial charge in [-0.25, -0.2) is 8.42 Å². The van der Waals surface area contributed by atoms with E-state index in [2.05, 4.69) is 41.4 Å². The summed E-state index contributed by atoms with van der Waals surface area (Å²) in [6, 6.07) is 15.0. The molecular formula is C25H32ClN3O3S. The lowest BCUT2D eigenvalue weighted by Gasteiger charge is -2.32. The van der Waals surface area contributed by atoms with E-state index in [1.165, 1.54) is 22.0 Å². The van der Waals surface area contributed by atoms with Crippen molar-refractivity contribution in [3.63, 3.8) is 0 Å². The number of piperidine rings is 2. The van der Waals surface area contributed by atoms with Crippen LogP contribution in [0, 0.1) is 5.92 Å². The maximum Gasteiger partial charge on any atom is 0.251 e. The summed E-state index contributed by atoms with van der Waals surface area (Å²) < 4.78 is 27.9. The van der Waals surface area contributed by atoms with Gasteiger partial charge in [0.2, 0.25) is 10.0 Å². The van der Waals surface area contributed by atoms with Crippen LogP contribution in [-0.4, -0.2) is 55.8 Å². The predicted octanol–water partition coefficient (Wildman–Crippen LogP) is 4.16. The van der Waals surface area contributed by atoms with E-state index in [0.717, 1.165) is 45.3 Å². The highest BCUT2D eigenvalue weighted by Gasteiger charge is 2.31. The van der Waals surface area contributed by atoms with Gasteiger partial charge in [-0.2, -0.15) is 4.31 Å². The molecule has 0 radical (unpaired) electrons. The van der Waals surface area contributed by atoms with Gasteiger partial charge in [-0.1, -0.05) is 48.9 Å². The second-order valence-electron chi connectivity index (χ2n) is 9.27. The van der Waals surface area contributed by atoms with Crippen LogP contribution in [0.1, 0.15) is 48.5 Å². The number of hydrogen-bond acceptors (Lipinski definition) is 4. The third-order valence-corrected chi connectivity index (χ3v) is 8.95. The summed E-state index contributed by atoms with van der Waals surface area (Å²) >= 11 is 6.27. The Balaban J connectivity index is 1.38. The van der Waals surface area contributed by atoms with Crippen LogP contribution in [-0.2, 0) is 16.6 Å². The molecule has 33 heavy (non-hydrogen) atoms. The lowest BCUT2D eigenvalue weighted by molar-refractivity contribution is 0.0908. The first-order valence-corrected chi connectivity index (χ1v) is 13.5. The summed E-state index contributed by atoms with van der Waals surface area (Å²) in [6.45, 7) is 5.76. The van der Waals surface area contributed by atoms with E-state index in [0.29, 0.717) is 24.6 Å². The molecule has 0 unspecified atom stereocenters. The second-order valence-corrected chi connectivity index (χ2v) is 11.6. The number of carbonyl (C=O) groups excluding carboxylic acids is 1. The minimum atomic E-state index is -3.74. The Hall–Kier alpha value is -1.93. The highest BCUT2D eigenvalue weighted by molar-refractivity contribution is 7.89. The van der Waals surface area contributed by atoms with Crippen molar-refractivity contribution in [2.24, 2.45) is 5.92 Å². The van der Waals surface area contributed by atoms with Crippen molar-refractivity contribution in [3.8, 4) is 0 Å². The first-order valence-electron chi connectivity index (χ1n) is 11.7. The van der Waals surface area contributed by atoms with Gasteiger partial charge >= 0.3 is 0 Å². The topological polar surface area (TPSA) is 69.7 Å². The van der Waals surface area contributed by atoms with Gasteiger partial charge in [0.1, 0.15) is 4.90 Å². The van der Waals surface area contributed by atoms with Crippen LogP contribution in [0.25, 0.3) is 0 Å². The molecule has 2 fully saturated rings. The van der Waals surface area contributed by atoms with E-state index in [1.54, 1.807) is 6.07 Å². The van der Waals surface area contributed by atoms with Crippen LogP contribution >= 0.6 is 11.6 Å². The molecule has 8 heteroatoms. The smallest absolute Gasteiger partial charge is 0.251 e. The van der Waals surface area contributed by atoms with E-state index in [4.69, 9.17) is 11.6 Å². The highest BCUT2D eigenvalue weighted by Crippen LogP contribution is 2.29. The summed E-state index contributed by atoms with van der Waals surface area (Å²) in [4.78, 5) is 15.3. The number of hydrogen-bond donors (Lipinski definition) is 1. The van der Waals surface area contributed by atoms with Gasteiger partial charge in [-0.05, 0) is 55.4 Å². The Morgan fingerprint density at radius 3 is 2.48 bits per heavy atom. The van der Waals surface area contributed by atoms with Gasteiger partial charge in [-0.15, -0.1) is 0 Å². The standard InChI is InChI=1S/C25H32ClN3O3S/c1-19-6-5-13-29(17-19)33(31,32)24-16-21(9-10-23(24)26)25(30)27-22-11-14-28(15-12-22)18-20-7-3-2-4-8-20/h2-4,7-10,16,19,22H,5-6,11-15,17-18H2,1H3,(H,27,30)/t19-/m1/s1. The van der Waals surface area contributed by atoms with Crippen molar-refractivity contribution in [1.29, 1.82) is 0 Å². The molecule has 0 aliphatic carbocycles. The Morgan fingerprint density at radius 2 is 1.79 bits per heavy atom. The SMILES string of the molecule is C[C@@H]1CCCN(S(=O)(=O)c2cc(C(=O)NC3CCN(Cc4ccccc4)CC3)ccc2Cl)C1. The summed E-state index contributed by atoms with van der Waals surface area (Å²) in [7, 11) is -3.74. The maximum absolute atomic E-state index is 13.2. The molecule has 1 amide bonds. The fraction of sp³-hybridized carbons (Fsp3) is 0.480. The molecule has 1 atom stereocenters. The first kappa shape index (κ1) is 24.2. The largest absolute Gasteiger partial charge is 0.349 e. The molecule has 0 bridgehead atoms. The van der Waals surface area contributed by atoms with Crippen molar-refractivity contribution >= 4 is 27.5 Å². The molecule has 0 aromatic heterocycles. The zero-order valence-corrected chi connectivity index (χ0v) is 20.6. The molecular weight excluding hydrogens is 458 g/mol. The van der Waals surface area contributed by atoms with Crippen LogP contribution in [0.15, 0.2) is 53.4 Å². The quantitative estimate of drug-likeness (QED) is 0.661. The first-order chi connectivity index (χ1) is 15.8. The number of carbonyl (C=O) groups is 1. The van der Waals surface area contributed by atoms with Crippen molar-refractivity contribution in [2.45, 2.75) is 50.1 Å². The number of halogens is 1. The molecule has 0 spiro atoms. The van der Waals surface area contributed by atoms with Crippen molar-refractivity contribution < 1.29 is 13.2 Å². The van der Waals surface area contributed by atoms with Crippen molar-refractivity contribution in [2.75, 3.05) is 26.2 Å². The van der Waals surface area contributed by atoms with E-state index < -0.39 is 10.0 Å². The number of likely N-dealkylation sites (tertiary alicyclic amines) is 1. The van der Waals surface area contributed by atoms with E-state index in [1.807, 2.05) is 6.07 Å².